The molecule has 0 aromatic heterocycles. The van der Waals surface area contributed by atoms with Crippen LogP contribution in [-0.2, 0) is 23.8 Å². The van der Waals surface area contributed by atoms with Crippen molar-refractivity contribution in [2.24, 2.45) is 5.92 Å². The maximum Gasteiger partial charge on any atom is 0.264 e. The van der Waals surface area contributed by atoms with Crippen molar-refractivity contribution >= 4 is 10.1 Å². The molecule has 1 aliphatic rings. The van der Waals surface area contributed by atoms with E-state index in [1.807, 2.05) is 0 Å². The van der Waals surface area contributed by atoms with Gasteiger partial charge in [0.15, 0.2) is 6.29 Å². The van der Waals surface area contributed by atoms with E-state index in [4.69, 9.17) is 13.7 Å². The van der Waals surface area contributed by atoms with Crippen LogP contribution in [0.15, 0.2) is 24.3 Å². The molecule has 1 unspecified atom stereocenters. The Kier molecular flexibility index (Phi) is 25.4. The van der Waals surface area contributed by atoms with E-state index in [-0.39, 0.29) is 6.29 Å². The second-order valence-corrected chi connectivity index (χ2v) is 13.4. The Labute approximate surface area is 249 Å². The molecular formula is C34H64O5S. The van der Waals surface area contributed by atoms with Crippen LogP contribution < -0.4 is 0 Å². The molecule has 0 aromatic rings. The van der Waals surface area contributed by atoms with Crippen LogP contribution in [0.5, 0.6) is 0 Å². The molecule has 0 saturated carbocycles. The van der Waals surface area contributed by atoms with Gasteiger partial charge >= 0.3 is 0 Å². The molecule has 6 heteroatoms. The molecule has 40 heavy (non-hydrogen) atoms. The zero-order chi connectivity index (χ0) is 29.0. The summed E-state index contributed by atoms with van der Waals surface area (Å²) in [6.07, 6.45) is 39.0. The highest BCUT2D eigenvalue weighted by atomic mass is 32.2. The summed E-state index contributed by atoms with van der Waals surface area (Å²) in [5.74, 6) is 0.580. The molecule has 0 N–H and O–H groups in total. The predicted molar refractivity (Wildman–Crippen MR) is 170 cm³/mol. The molecular weight excluding hydrogens is 520 g/mol. The quantitative estimate of drug-likeness (QED) is 0.0497. The third kappa shape index (κ3) is 26.2. The average molecular weight is 585 g/mol. The summed E-state index contributed by atoms with van der Waals surface area (Å²) < 4.78 is 38.8. The standard InChI is InChI=1S/C34H64O5S/c1-3-4-5-6-7-8-9-10-11-12-13-14-15-16-17-20-23-26-33(29-30-39-40(2,35)36)27-24-21-18-19-22-25-28-34-37-31-32-38-34/h7-8,10-11,33-34H,3-6,9,12-32H2,1-2H3/b8-7-,11-10-. The fourth-order valence-electron chi connectivity index (χ4n) is 5.42. The molecule has 0 amide bonds. The Hall–Kier alpha value is -0.690. The highest BCUT2D eigenvalue weighted by molar-refractivity contribution is 7.85. The molecule has 1 saturated heterocycles. The second kappa shape index (κ2) is 27.2. The molecule has 1 atom stereocenters. The van der Waals surface area contributed by atoms with Crippen molar-refractivity contribution in [3.05, 3.63) is 24.3 Å². The molecule has 236 valence electrons. The van der Waals surface area contributed by atoms with E-state index in [0.29, 0.717) is 12.5 Å². The van der Waals surface area contributed by atoms with Crippen LogP contribution in [0.1, 0.15) is 155 Å². The van der Waals surface area contributed by atoms with E-state index in [0.717, 1.165) is 38.7 Å². The number of ether oxygens (including phenoxy) is 2. The van der Waals surface area contributed by atoms with Gasteiger partial charge in [0, 0.05) is 0 Å². The van der Waals surface area contributed by atoms with Gasteiger partial charge in [-0.15, -0.1) is 0 Å². The fourth-order valence-corrected chi connectivity index (χ4v) is 5.82. The van der Waals surface area contributed by atoms with Crippen LogP contribution in [0, 0.1) is 5.92 Å². The first-order valence-electron chi connectivity index (χ1n) is 16.9. The highest BCUT2D eigenvalue weighted by Crippen LogP contribution is 2.23. The minimum Gasteiger partial charge on any atom is -0.350 e. The summed E-state index contributed by atoms with van der Waals surface area (Å²) in [5.41, 5.74) is 0. The van der Waals surface area contributed by atoms with E-state index in [9.17, 15) is 8.42 Å². The van der Waals surface area contributed by atoms with Gasteiger partial charge in [-0.25, -0.2) is 0 Å². The predicted octanol–water partition coefficient (Wildman–Crippen LogP) is 10.1. The summed E-state index contributed by atoms with van der Waals surface area (Å²) >= 11 is 0. The molecule has 0 aromatic carbocycles. The monoisotopic (exact) mass is 584 g/mol. The lowest BCUT2D eigenvalue weighted by atomic mass is 9.91. The molecule has 1 aliphatic heterocycles. The summed E-state index contributed by atoms with van der Waals surface area (Å²) in [6, 6.07) is 0. The average Bonchev–Trinajstić information content (AvgIpc) is 3.44. The van der Waals surface area contributed by atoms with Gasteiger partial charge in [0.1, 0.15) is 0 Å². The SMILES string of the molecule is CCCCC/C=C\C/C=C\CCCCCCCCCC(CCCCCCCCC1OCCO1)CCOS(C)(=O)=O. The van der Waals surface area contributed by atoms with E-state index >= 15 is 0 Å². The first-order chi connectivity index (χ1) is 19.5. The van der Waals surface area contributed by atoms with Gasteiger partial charge in [0.25, 0.3) is 10.1 Å². The van der Waals surface area contributed by atoms with E-state index in [1.165, 1.54) is 128 Å². The number of rotatable bonds is 29. The van der Waals surface area contributed by atoms with Crippen LogP contribution >= 0.6 is 0 Å². The molecule has 5 nitrogen and oxygen atoms in total. The number of allylic oxidation sites excluding steroid dienone is 4. The van der Waals surface area contributed by atoms with Crippen LogP contribution in [0.4, 0.5) is 0 Å². The first-order valence-corrected chi connectivity index (χ1v) is 18.7. The van der Waals surface area contributed by atoms with Crippen LogP contribution in [0.25, 0.3) is 0 Å². The summed E-state index contributed by atoms with van der Waals surface area (Å²) in [5, 5.41) is 0. The molecule has 0 bridgehead atoms. The lowest BCUT2D eigenvalue weighted by Gasteiger charge is -2.17. The number of unbranched alkanes of at least 4 members (excludes halogenated alkanes) is 15. The maximum absolute atomic E-state index is 11.4. The normalized spacial score (nSPS) is 15.7. The number of hydrogen-bond acceptors (Lipinski definition) is 5. The Morgan fingerprint density at radius 2 is 1.18 bits per heavy atom. The Balaban J connectivity index is 2.02. The van der Waals surface area contributed by atoms with Crippen LogP contribution in [0.3, 0.4) is 0 Å². The largest absolute Gasteiger partial charge is 0.350 e. The minimum atomic E-state index is -3.34. The van der Waals surface area contributed by atoms with Crippen molar-refractivity contribution in [1.29, 1.82) is 0 Å². The molecule has 0 radical (unpaired) electrons. The van der Waals surface area contributed by atoms with Gasteiger partial charge in [0.05, 0.1) is 26.1 Å². The van der Waals surface area contributed by atoms with Crippen molar-refractivity contribution in [3.8, 4) is 0 Å². The van der Waals surface area contributed by atoms with Gasteiger partial charge in [-0.2, -0.15) is 8.42 Å². The molecule has 0 spiro atoms. The van der Waals surface area contributed by atoms with Crippen molar-refractivity contribution in [3.63, 3.8) is 0 Å². The number of hydrogen-bond donors (Lipinski definition) is 0. The minimum absolute atomic E-state index is 0.0414. The lowest BCUT2D eigenvalue weighted by Crippen LogP contribution is -2.10. The highest BCUT2D eigenvalue weighted by Gasteiger charge is 2.15. The molecule has 1 fully saturated rings. The Morgan fingerprint density at radius 3 is 1.73 bits per heavy atom. The van der Waals surface area contributed by atoms with Gasteiger partial charge in [-0.1, -0.05) is 128 Å². The maximum atomic E-state index is 11.4. The summed E-state index contributed by atoms with van der Waals surface area (Å²) in [6.45, 7) is 4.08. The first kappa shape index (κ1) is 37.3. The van der Waals surface area contributed by atoms with Crippen molar-refractivity contribution < 1.29 is 22.1 Å². The Bertz CT molecular complexity index is 697. The van der Waals surface area contributed by atoms with Crippen LogP contribution in [-0.4, -0.2) is 40.8 Å². The third-order valence-electron chi connectivity index (χ3n) is 7.88. The molecule has 1 heterocycles. The molecule has 1 rings (SSSR count). The van der Waals surface area contributed by atoms with Crippen molar-refractivity contribution in [2.45, 2.75) is 161 Å². The van der Waals surface area contributed by atoms with Gasteiger partial charge in [-0.05, 0) is 57.3 Å². The van der Waals surface area contributed by atoms with Gasteiger partial charge in [0.2, 0.25) is 0 Å². The van der Waals surface area contributed by atoms with E-state index in [2.05, 4.69) is 31.2 Å². The smallest absolute Gasteiger partial charge is 0.264 e. The summed E-state index contributed by atoms with van der Waals surface area (Å²) in [4.78, 5) is 0. The zero-order valence-electron chi connectivity index (χ0n) is 26.3. The topological polar surface area (TPSA) is 61.8 Å². The van der Waals surface area contributed by atoms with Gasteiger partial charge < -0.3 is 9.47 Å². The second-order valence-electron chi connectivity index (χ2n) is 11.8. The lowest BCUT2D eigenvalue weighted by molar-refractivity contribution is -0.0480. The van der Waals surface area contributed by atoms with Gasteiger partial charge in [-0.3, -0.25) is 4.18 Å². The molecule has 0 aliphatic carbocycles. The van der Waals surface area contributed by atoms with E-state index < -0.39 is 10.1 Å². The zero-order valence-corrected chi connectivity index (χ0v) is 27.1. The third-order valence-corrected chi connectivity index (χ3v) is 8.47. The Morgan fingerprint density at radius 1 is 0.675 bits per heavy atom. The fraction of sp³-hybridized carbons (Fsp3) is 0.882. The van der Waals surface area contributed by atoms with Crippen molar-refractivity contribution in [2.75, 3.05) is 26.1 Å². The van der Waals surface area contributed by atoms with Crippen LogP contribution in [0.2, 0.25) is 0 Å². The van der Waals surface area contributed by atoms with E-state index in [1.54, 1.807) is 0 Å². The summed E-state index contributed by atoms with van der Waals surface area (Å²) in [7, 11) is -3.34. The van der Waals surface area contributed by atoms with Crippen molar-refractivity contribution in [1.82, 2.24) is 0 Å².